The highest BCUT2D eigenvalue weighted by Crippen LogP contribution is 2.15. The van der Waals surface area contributed by atoms with E-state index in [1.54, 1.807) is 12.1 Å². The molecule has 1 saturated heterocycles. The summed E-state index contributed by atoms with van der Waals surface area (Å²) >= 11 is 0. The Hall–Kier alpha value is -2.15. The molecule has 0 saturated carbocycles. The van der Waals surface area contributed by atoms with Crippen molar-refractivity contribution in [2.75, 3.05) is 33.3 Å². The maximum absolute atomic E-state index is 13.4. The first kappa shape index (κ1) is 15.2. The maximum atomic E-state index is 13.4. The maximum Gasteiger partial charge on any atom is 0.261 e. The molecule has 7 heteroatoms. The Morgan fingerprint density at radius 1 is 1.48 bits per heavy atom. The Kier molecular flexibility index (Phi) is 5.10. The zero-order valence-corrected chi connectivity index (χ0v) is 11.8. The van der Waals surface area contributed by atoms with Gasteiger partial charge in [-0.1, -0.05) is 12.1 Å². The van der Waals surface area contributed by atoms with Gasteiger partial charge in [0.1, 0.15) is 6.04 Å². The Balaban J connectivity index is 1.98. The van der Waals surface area contributed by atoms with Crippen LogP contribution in [0, 0.1) is 5.82 Å². The van der Waals surface area contributed by atoms with E-state index in [9.17, 15) is 14.0 Å². The second-order valence-electron chi connectivity index (χ2n) is 4.64. The lowest BCUT2D eigenvalue weighted by Crippen LogP contribution is -2.60. The number of piperazine rings is 1. The fraction of sp³-hybridized carbons (Fsp3) is 0.429. The van der Waals surface area contributed by atoms with E-state index >= 15 is 0 Å². The lowest BCUT2D eigenvalue weighted by Gasteiger charge is -2.34. The molecular formula is C14H18FN3O3. The van der Waals surface area contributed by atoms with Crippen molar-refractivity contribution in [3.63, 3.8) is 0 Å². The second kappa shape index (κ2) is 7.03. The third-order valence-electron chi connectivity index (χ3n) is 3.30. The summed E-state index contributed by atoms with van der Waals surface area (Å²) < 4.78 is 18.6. The minimum atomic E-state index is -0.569. The molecule has 2 amide bonds. The predicted molar refractivity (Wildman–Crippen MR) is 74.3 cm³/mol. The van der Waals surface area contributed by atoms with Gasteiger partial charge in [0.2, 0.25) is 5.91 Å². The normalized spacial score (nSPS) is 18.2. The van der Waals surface area contributed by atoms with E-state index in [2.05, 4.69) is 10.6 Å². The van der Waals surface area contributed by atoms with Gasteiger partial charge in [0.15, 0.2) is 18.2 Å². The Labute approximate surface area is 122 Å². The van der Waals surface area contributed by atoms with Crippen LogP contribution in [0.15, 0.2) is 24.3 Å². The molecule has 2 rings (SSSR count). The number of nitrogens with zero attached hydrogens (tertiary/aromatic N) is 1. The number of carbonyl (C=O) groups is 2. The molecule has 0 spiro atoms. The molecule has 114 valence electrons. The standard InChI is InChI=1S/C14H18FN3O3/c1-16-14(20)11-8-17-6-7-18(11)13(19)9-21-12-5-3-2-4-10(12)15/h2-5,11,17H,6-9H2,1H3,(H,16,20). The number of halogens is 1. The number of benzene rings is 1. The molecule has 1 aromatic rings. The summed E-state index contributed by atoms with van der Waals surface area (Å²) in [6.45, 7) is 1.12. The summed E-state index contributed by atoms with van der Waals surface area (Å²) in [6, 6.07) is 5.32. The molecule has 6 nitrogen and oxygen atoms in total. The van der Waals surface area contributed by atoms with E-state index in [1.807, 2.05) is 0 Å². The van der Waals surface area contributed by atoms with E-state index in [-0.39, 0.29) is 24.2 Å². The van der Waals surface area contributed by atoms with E-state index in [4.69, 9.17) is 4.74 Å². The van der Waals surface area contributed by atoms with Gasteiger partial charge < -0.3 is 20.3 Å². The molecule has 0 aliphatic carbocycles. The average molecular weight is 295 g/mol. The molecule has 1 aliphatic rings. The van der Waals surface area contributed by atoms with E-state index < -0.39 is 11.9 Å². The van der Waals surface area contributed by atoms with Crippen molar-refractivity contribution in [3.8, 4) is 5.75 Å². The highest BCUT2D eigenvalue weighted by Gasteiger charge is 2.31. The monoisotopic (exact) mass is 295 g/mol. The zero-order chi connectivity index (χ0) is 15.2. The van der Waals surface area contributed by atoms with Crippen LogP contribution in [0.25, 0.3) is 0 Å². The topological polar surface area (TPSA) is 70.7 Å². The third kappa shape index (κ3) is 3.69. The van der Waals surface area contributed by atoms with Crippen molar-refractivity contribution in [2.45, 2.75) is 6.04 Å². The summed E-state index contributed by atoms with van der Waals surface area (Å²) in [5.74, 6) is -1.07. The van der Waals surface area contributed by atoms with Crippen LogP contribution in [0.3, 0.4) is 0 Å². The van der Waals surface area contributed by atoms with Gasteiger partial charge in [-0.3, -0.25) is 9.59 Å². The van der Waals surface area contributed by atoms with Crippen LogP contribution in [0.1, 0.15) is 0 Å². The van der Waals surface area contributed by atoms with Crippen LogP contribution >= 0.6 is 0 Å². The first-order chi connectivity index (χ1) is 10.1. The Morgan fingerprint density at radius 3 is 2.95 bits per heavy atom. The minimum Gasteiger partial charge on any atom is -0.481 e. The third-order valence-corrected chi connectivity index (χ3v) is 3.30. The summed E-state index contributed by atoms with van der Waals surface area (Å²) in [7, 11) is 1.52. The molecule has 0 bridgehead atoms. The number of rotatable bonds is 4. The molecule has 1 atom stereocenters. The molecule has 2 N–H and O–H groups in total. The number of hydrogen-bond donors (Lipinski definition) is 2. The van der Waals surface area contributed by atoms with Crippen molar-refractivity contribution in [2.24, 2.45) is 0 Å². The number of amides is 2. The predicted octanol–water partition coefficient (Wildman–Crippen LogP) is -0.249. The van der Waals surface area contributed by atoms with Crippen molar-refractivity contribution in [3.05, 3.63) is 30.1 Å². The summed E-state index contributed by atoms with van der Waals surface area (Å²) in [4.78, 5) is 25.4. The van der Waals surface area contributed by atoms with Crippen LogP contribution in [0.4, 0.5) is 4.39 Å². The molecule has 1 heterocycles. The lowest BCUT2D eigenvalue weighted by atomic mass is 10.1. The highest BCUT2D eigenvalue weighted by atomic mass is 19.1. The minimum absolute atomic E-state index is 0.0254. The van der Waals surface area contributed by atoms with E-state index in [0.29, 0.717) is 19.6 Å². The van der Waals surface area contributed by atoms with Crippen LogP contribution < -0.4 is 15.4 Å². The largest absolute Gasteiger partial charge is 0.481 e. The van der Waals surface area contributed by atoms with Gasteiger partial charge in [0, 0.05) is 26.7 Å². The number of ether oxygens (including phenoxy) is 1. The molecule has 1 fully saturated rings. The fourth-order valence-electron chi connectivity index (χ4n) is 2.19. The van der Waals surface area contributed by atoms with Crippen molar-refractivity contribution >= 4 is 11.8 Å². The van der Waals surface area contributed by atoms with Crippen molar-refractivity contribution < 1.29 is 18.7 Å². The highest BCUT2D eigenvalue weighted by molar-refractivity contribution is 5.88. The van der Waals surface area contributed by atoms with Crippen LogP contribution in [-0.2, 0) is 9.59 Å². The lowest BCUT2D eigenvalue weighted by molar-refractivity contribution is -0.142. The van der Waals surface area contributed by atoms with Crippen LogP contribution in [-0.4, -0.2) is 56.0 Å². The first-order valence-corrected chi connectivity index (χ1v) is 6.72. The van der Waals surface area contributed by atoms with Crippen molar-refractivity contribution in [1.29, 1.82) is 0 Å². The molecule has 0 radical (unpaired) electrons. The second-order valence-corrected chi connectivity index (χ2v) is 4.64. The van der Waals surface area contributed by atoms with Gasteiger partial charge in [0.25, 0.3) is 5.91 Å². The fourth-order valence-corrected chi connectivity index (χ4v) is 2.19. The number of para-hydroxylation sites is 1. The Bertz CT molecular complexity index is 524. The molecule has 0 aromatic heterocycles. The van der Waals surface area contributed by atoms with E-state index in [1.165, 1.54) is 24.1 Å². The van der Waals surface area contributed by atoms with Gasteiger partial charge in [0.05, 0.1) is 0 Å². The molecule has 1 aliphatic heterocycles. The number of hydrogen-bond acceptors (Lipinski definition) is 4. The molecule has 1 unspecified atom stereocenters. The molecule has 1 aromatic carbocycles. The zero-order valence-electron chi connectivity index (χ0n) is 11.8. The SMILES string of the molecule is CNC(=O)C1CNCCN1C(=O)COc1ccccc1F. The smallest absolute Gasteiger partial charge is 0.261 e. The first-order valence-electron chi connectivity index (χ1n) is 6.72. The van der Waals surface area contributed by atoms with Gasteiger partial charge >= 0.3 is 0 Å². The van der Waals surface area contributed by atoms with Gasteiger partial charge in [-0.25, -0.2) is 4.39 Å². The van der Waals surface area contributed by atoms with Crippen LogP contribution in [0.5, 0.6) is 5.75 Å². The summed E-state index contributed by atoms with van der Waals surface area (Å²) in [5, 5.41) is 5.59. The molecular weight excluding hydrogens is 277 g/mol. The van der Waals surface area contributed by atoms with Crippen LogP contribution in [0.2, 0.25) is 0 Å². The summed E-state index contributed by atoms with van der Waals surface area (Å²) in [5.41, 5.74) is 0. The van der Waals surface area contributed by atoms with Gasteiger partial charge in [-0.15, -0.1) is 0 Å². The number of nitrogens with one attached hydrogen (secondary N) is 2. The van der Waals surface area contributed by atoms with Crippen molar-refractivity contribution in [1.82, 2.24) is 15.5 Å². The average Bonchev–Trinajstić information content (AvgIpc) is 2.53. The quantitative estimate of drug-likeness (QED) is 0.804. The molecule has 21 heavy (non-hydrogen) atoms. The number of carbonyl (C=O) groups excluding carboxylic acids is 2. The number of likely N-dealkylation sites (N-methyl/N-ethyl adjacent to an activating group) is 1. The van der Waals surface area contributed by atoms with Gasteiger partial charge in [-0.2, -0.15) is 0 Å². The van der Waals surface area contributed by atoms with Gasteiger partial charge in [-0.05, 0) is 12.1 Å². The summed E-state index contributed by atoms with van der Waals surface area (Å²) in [6.07, 6.45) is 0. The van der Waals surface area contributed by atoms with E-state index in [0.717, 1.165) is 0 Å². The Morgan fingerprint density at radius 2 is 2.24 bits per heavy atom.